The van der Waals surface area contributed by atoms with Gasteiger partial charge in [0.15, 0.2) is 5.78 Å². The quantitative estimate of drug-likeness (QED) is 0.600. The molecule has 0 aliphatic carbocycles. The third-order valence-electron chi connectivity index (χ3n) is 2.97. The molecule has 4 nitrogen and oxygen atoms in total. The van der Waals surface area contributed by atoms with Gasteiger partial charge in [0.1, 0.15) is 18.4 Å². The number of allylic oxidation sites excluding steroid dienone is 1. The van der Waals surface area contributed by atoms with Crippen LogP contribution in [0, 0.1) is 17.2 Å². The Morgan fingerprint density at radius 1 is 1.41 bits per heavy atom. The molecular weight excluding hydrogens is 296 g/mol. The minimum Gasteiger partial charge on any atom is -0.487 e. The van der Waals surface area contributed by atoms with Gasteiger partial charge in [-0.05, 0) is 23.8 Å². The van der Waals surface area contributed by atoms with Gasteiger partial charge >= 0.3 is 0 Å². The highest BCUT2D eigenvalue weighted by Gasteiger charge is 2.13. The van der Waals surface area contributed by atoms with Crippen molar-refractivity contribution < 1.29 is 9.53 Å². The first-order chi connectivity index (χ1) is 10.6. The van der Waals surface area contributed by atoms with Crippen LogP contribution < -0.4 is 4.74 Å². The molecule has 0 atom stereocenters. The van der Waals surface area contributed by atoms with E-state index in [0.29, 0.717) is 6.61 Å². The lowest BCUT2D eigenvalue weighted by Crippen LogP contribution is -2.08. The number of carbonyl (C=O) groups excluding carboxylic acids is 1. The molecule has 2 aromatic rings. The molecule has 22 heavy (non-hydrogen) atoms. The Balaban J connectivity index is 2.05. The molecule has 112 valence electrons. The highest BCUT2D eigenvalue weighted by molar-refractivity contribution is 7.07. The molecule has 0 fully saturated rings. The van der Waals surface area contributed by atoms with Gasteiger partial charge < -0.3 is 4.74 Å². The number of thiazole rings is 1. The zero-order chi connectivity index (χ0) is 15.9. The molecule has 0 saturated carbocycles. The van der Waals surface area contributed by atoms with E-state index in [-0.39, 0.29) is 17.3 Å². The Kier molecular flexibility index (Phi) is 5.45. The number of rotatable bonds is 6. The molecule has 1 aromatic heterocycles. The van der Waals surface area contributed by atoms with Gasteiger partial charge in [0.25, 0.3) is 0 Å². The normalized spacial score (nSPS) is 11.3. The number of nitriles is 1. The molecule has 2 rings (SSSR count). The number of hydrogen-bond acceptors (Lipinski definition) is 5. The summed E-state index contributed by atoms with van der Waals surface area (Å²) in [6.45, 7) is 3.99. The van der Waals surface area contributed by atoms with E-state index < -0.39 is 0 Å². The van der Waals surface area contributed by atoms with Gasteiger partial charge in [0.05, 0.1) is 16.8 Å². The minimum atomic E-state index is -0.188. The summed E-state index contributed by atoms with van der Waals surface area (Å²) in [5.74, 6) is 0.386. The van der Waals surface area contributed by atoms with Crippen LogP contribution in [0.3, 0.4) is 0 Å². The van der Waals surface area contributed by atoms with Crippen LogP contribution in [-0.2, 0) is 11.4 Å². The third kappa shape index (κ3) is 4.27. The molecule has 0 saturated heterocycles. The van der Waals surface area contributed by atoms with E-state index in [4.69, 9.17) is 10.00 Å². The van der Waals surface area contributed by atoms with Crippen LogP contribution >= 0.6 is 11.3 Å². The summed E-state index contributed by atoms with van der Waals surface area (Å²) >= 11 is 1.53. The Morgan fingerprint density at radius 3 is 2.68 bits per heavy atom. The molecule has 1 aromatic carbocycles. The van der Waals surface area contributed by atoms with Crippen molar-refractivity contribution in [1.82, 2.24) is 4.98 Å². The van der Waals surface area contributed by atoms with Crippen molar-refractivity contribution in [3.05, 3.63) is 52.0 Å². The van der Waals surface area contributed by atoms with E-state index in [1.54, 1.807) is 25.4 Å². The molecule has 0 amide bonds. The highest BCUT2D eigenvalue weighted by atomic mass is 32.1. The largest absolute Gasteiger partial charge is 0.487 e. The average Bonchev–Trinajstić information content (AvgIpc) is 3.04. The van der Waals surface area contributed by atoms with E-state index in [9.17, 15) is 4.79 Å². The molecule has 0 aliphatic heterocycles. The van der Waals surface area contributed by atoms with Crippen molar-refractivity contribution in [2.24, 2.45) is 5.92 Å². The number of ketones is 1. The zero-order valence-electron chi connectivity index (χ0n) is 12.4. The van der Waals surface area contributed by atoms with Crippen molar-refractivity contribution in [2.75, 3.05) is 0 Å². The Hall–Kier alpha value is -2.45. The lowest BCUT2D eigenvalue weighted by Gasteiger charge is -2.05. The lowest BCUT2D eigenvalue weighted by atomic mass is 10.00. The first kappa shape index (κ1) is 15.9. The van der Waals surface area contributed by atoms with Gasteiger partial charge in [-0.2, -0.15) is 5.26 Å². The third-order valence-corrected chi connectivity index (χ3v) is 3.61. The van der Waals surface area contributed by atoms with E-state index in [0.717, 1.165) is 17.0 Å². The van der Waals surface area contributed by atoms with Gasteiger partial charge in [0, 0.05) is 11.3 Å². The van der Waals surface area contributed by atoms with Crippen molar-refractivity contribution in [3.8, 4) is 11.8 Å². The SMILES string of the molecule is CC(C)C(=O)/C(C#N)=C\c1ccc(OCc2cscn2)cc1. The second-order valence-corrected chi connectivity index (χ2v) is 5.74. The topological polar surface area (TPSA) is 63.0 Å². The van der Waals surface area contributed by atoms with E-state index >= 15 is 0 Å². The number of Topliss-reactive ketones (excluding diaryl/α,β-unsaturated/α-hetero) is 1. The highest BCUT2D eigenvalue weighted by Crippen LogP contribution is 2.17. The molecule has 0 N–H and O–H groups in total. The van der Waals surface area contributed by atoms with Crippen molar-refractivity contribution in [2.45, 2.75) is 20.5 Å². The maximum atomic E-state index is 11.9. The first-order valence-electron chi connectivity index (χ1n) is 6.86. The van der Waals surface area contributed by atoms with Crippen molar-refractivity contribution in [1.29, 1.82) is 5.26 Å². The van der Waals surface area contributed by atoms with Crippen LogP contribution in [0.1, 0.15) is 25.1 Å². The lowest BCUT2D eigenvalue weighted by molar-refractivity contribution is -0.117. The standard InChI is InChI=1S/C17H16N2O2S/c1-12(2)17(20)14(8-18)7-13-3-5-16(6-4-13)21-9-15-10-22-11-19-15/h3-7,10-12H,9H2,1-2H3/b14-7-. The van der Waals surface area contributed by atoms with Gasteiger partial charge in [-0.3, -0.25) is 4.79 Å². The molecular formula is C17H16N2O2S. The molecule has 0 bridgehead atoms. The summed E-state index contributed by atoms with van der Waals surface area (Å²) in [7, 11) is 0. The Bertz CT molecular complexity index is 695. The maximum absolute atomic E-state index is 11.9. The van der Waals surface area contributed by atoms with Crippen molar-refractivity contribution in [3.63, 3.8) is 0 Å². The summed E-state index contributed by atoms with van der Waals surface area (Å²) in [6.07, 6.45) is 1.60. The number of benzene rings is 1. The number of carbonyl (C=O) groups is 1. The average molecular weight is 312 g/mol. The second kappa shape index (κ2) is 7.53. The van der Waals surface area contributed by atoms with Crippen LogP contribution in [0.4, 0.5) is 0 Å². The fourth-order valence-corrected chi connectivity index (χ4v) is 2.31. The van der Waals surface area contributed by atoms with Crippen LogP contribution in [0.2, 0.25) is 0 Å². The summed E-state index contributed by atoms with van der Waals surface area (Å²) in [4.78, 5) is 16.0. The Morgan fingerprint density at radius 2 is 2.14 bits per heavy atom. The zero-order valence-corrected chi connectivity index (χ0v) is 13.3. The number of nitrogens with zero attached hydrogens (tertiary/aromatic N) is 2. The fraction of sp³-hybridized carbons (Fsp3) is 0.235. The molecule has 0 aliphatic rings. The predicted molar refractivity (Wildman–Crippen MR) is 86.3 cm³/mol. The monoisotopic (exact) mass is 312 g/mol. The summed E-state index contributed by atoms with van der Waals surface area (Å²) in [5.41, 5.74) is 3.63. The second-order valence-electron chi connectivity index (χ2n) is 5.03. The van der Waals surface area contributed by atoms with Crippen LogP contribution in [-0.4, -0.2) is 10.8 Å². The smallest absolute Gasteiger partial charge is 0.175 e. The predicted octanol–water partition coefficient (Wildman–Crippen LogP) is 3.85. The summed E-state index contributed by atoms with van der Waals surface area (Å²) in [6, 6.07) is 9.23. The van der Waals surface area contributed by atoms with Gasteiger partial charge in [0.2, 0.25) is 0 Å². The number of ether oxygens (including phenoxy) is 1. The Labute approximate surface area is 133 Å². The summed E-state index contributed by atoms with van der Waals surface area (Å²) in [5, 5.41) is 11.0. The molecule has 5 heteroatoms. The van der Waals surface area contributed by atoms with Gasteiger partial charge in [-0.25, -0.2) is 4.98 Å². The van der Waals surface area contributed by atoms with E-state index in [1.165, 1.54) is 11.3 Å². The summed E-state index contributed by atoms with van der Waals surface area (Å²) < 4.78 is 5.61. The first-order valence-corrected chi connectivity index (χ1v) is 7.80. The van der Waals surface area contributed by atoms with Crippen molar-refractivity contribution >= 4 is 23.2 Å². The van der Waals surface area contributed by atoms with E-state index in [1.807, 2.05) is 35.7 Å². The fourth-order valence-electron chi connectivity index (χ4n) is 1.76. The molecule has 0 radical (unpaired) electrons. The van der Waals surface area contributed by atoms with Crippen LogP contribution in [0.5, 0.6) is 5.75 Å². The number of aromatic nitrogens is 1. The molecule has 0 unspecified atom stereocenters. The molecule has 0 spiro atoms. The number of hydrogen-bond donors (Lipinski definition) is 0. The van der Waals surface area contributed by atoms with Gasteiger partial charge in [-0.1, -0.05) is 26.0 Å². The minimum absolute atomic E-state index is 0.147. The van der Waals surface area contributed by atoms with Gasteiger partial charge in [-0.15, -0.1) is 11.3 Å². The van der Waals surface area contributed by atoms with Crippen LogP contribution in [0.15, 0.2) is 40.7 Å². The van der Waals surface area contributed by atoms with E-state index in [2.05, 4.69) is 4.98 Å². The maximum Gasteiger partial charge on any atom is 0.175 e. The molecule has 1 heterocycles. The van der Waals surface area contributed by atoms with Crippen LogP contribution in [0.25, 0.3) is 6.08 Å².